The van der Waals surface area contributed by atoms with Crippen LogP contribution in [0.1, 0.15) is 22.6 Å². The van der Waals surface area contributed by atoms with E-state index in [2.05, 4.69) is 15.0 Å². The third-order valence-corrected chi connectivity index (χ3v) is 6.72. The van der Waals surface area contributed by atoms with E-state index in [0.717, 1.165) is 16.3 Å². The molecular formula is C12H15N3O2S3. The summed E-state index contributed by atoms with van der Waals surface area (Å²) in [4.78, 5) is 5.88. The van der Waals surface area contributed by atoms with E-state index >= 15 is 0 Å². The highest BCUT2D eigenvalue weighted by atomic mass is 32.2. The molecule has 0 unspecified atom stereocenters. The molecule has 0 atom stereocenters. The average Bonchev–Trinajstić information content (AvgIpc) is 2.94. The molecule has 0 aliphatic heterocycles. The normalized spacial score (nSPS) is 15.6. The maximum atomic E-state index is 12.2. The zero-order chi connectivity index (χ0) is 14.0. The molecule has 0 aromatic carbocycles. The van der Waals surface area contributed by atoms with Crippen molar-refractivity contribution in [1.29, 1.82) is 0 Å². The Labute approximate surface area is 126 Å². The Hall–Kier alpha value is -0.800. The van der Waals surface area contributed by atoms with E-state index in [4.69, 9.17) is 0 Å². The second-order valence-corrected chi connectivity index (χ2v) is 8.80. The van der Waals surface area contributed by atoms with Crippen LogP contribution in [0, 0.1) is 0 Å². The fourth-order valence-electron chi connectivity index (χ4n) is 1.70. The lowest BCUT2D eigenvalue weighted by molar-refractivity contribution is 0.584. The van der Waals surface area contributed by atoms with Crippen molar-refractivity contribution in [3.8, 4) is 0 Å². The SMILES string of the molecule is O=S(=O)(NCc1cncs1)c1ccc(CNC2CC2)s1. The molecule has 2 aromatic rings. The van der Waals surface area contributed by atoms with E-state index in [1.54, 1.807) is 17.8 Å². The summed E-state index contributed by atoms with van der Waals surface area (Å²) in [6.07, 6.45) is 4.13. The minimum Gasteiger partial charge on any atom is -0.309 e. The fraction of sp³-hybridized carbons (Fsp3) is 0.417. The van der Waals surface area contributed by atoms with Gasteiger partial charge in [-0.1, -0.05) is 0 Å². The Kier molecular flexibility index (Phi) is 4.18. The minimum atomic E-state index is -3.42. The van der Waals surface area contributed by atoms with Gasteiger partial charge in [-0.25, -0.2) is 13.1 Å². The first kappa shape index (κ1) is 14.2. The van der Waals surface area contributed by atoms with Crippen LogP contribution in [0.3, 0.4) is 0 Å². The lowest BCUT2D eigenvalue weighted by atomic mass is 10.4. The molecule has 0 saturated heterocycles. The molecule has 2 heterocycles. The molecule has 3 rings (SSSR count). The molecule has 0 radical (unpaired) electrons. The lowest BCUT2D eigenvalue weighted by Crippen LogP contribution is -2.21. The number of thiophene rings is 1. The number of sulfonamides is 1. The number of nitrogens with one attached hydrogen (secondary N) is 2. The first-order valence-corrected chi connectivity index (χ1v) is 9.50. The number of nitrogens with zero attached hydrogens (tertiary/aromatic N) is 1. The number of rotatable bonds is 7. The molecule has 1 aliphatic rings. The molecule has 20 heavy (non-hydrogen) atoms. The highest BCUT2D eigenvalue weighted by molar-refractivity contribution is 7.91. The van der Waals surface area contributed by atoms with Crippen molar-refractivity contribution >= 4 is 32.7 Å². The number of thiazole rings is 1. The zero-order valence-corrected chi connectivity index (χ0v) is 13.2. The predicted molar refractivity (Wildman–Crippen MR) is 80.3 cm³/mol. The Bertz CT molecular complexity index is 660. The van der Waals surface area contributed by atoms with Gasteiger partial charge in [-0.15, -0.1) is 22.7 Å². The highest BCUT2D eigenvalue weighted by Gasteiger charge is 2.21. The van der Waals surface area contributed by atoms with Crippen molar-refractivity contribution in [2.24, 2.45) is 0 Å². The second kappa shape index (κ2) is 5.90. The van der Waals surface area contributed by atoms with E-state index < -0.39 is 10.0 Å². The van der Waals surface area contributed by atoms with Crippen LogP contribution in [0.5, 0.6) is 0 Å². The Morgan fingerprint density at radius 1 is 1.25 bits per heavy atom. The molecule has 0 bridgehead atoms. The summed E-state index contributed by atoms with van der Waals surface area (Å²) in [6, 6.07) is 4.17. The van der Waals surface area contributed by atoms with Gasteiger partial charge in [0.05, 0.1) is 5.51 Å². The molecule has 2 N–H and O–H groups in total. The topological polar surface area (TPSA) is 71.1 Å². The van der Waals surface area contributed by atoms with Crippen LogP contribution < -0.4 is 10.0 Å². The van der Waals surface area contributed by atoms with Crippen LogP contribution in [0.15, 0.2) is 28.0 Å². The summed E-state index contributed by atoms with van der Waals surface area (Å²) in [6.45, 7) is 1.04. The van der Waals surface area contributed by atoms with Crippen molar-refractivity contribution < 1.29 is 8.42 Å². The Morgan fingerprint density at radius 3 is 2.80 bits per heavy atom. The zero-order valence-electron chi connectivity index (χ0n) is 10.7. The van der Waals surface area contributed by atoms with Gasteiger partial charge in [0.1, 0.15) is 4.21 Å². The van der Waals surface area contributed by atoms with Crippen molar-refractivity contribution in [2.45, 2.75) is 36.2 Å². The number of hydrogen-bond donors (Lipinski definition) is 2. The Morgan fingerprint density at radius 2 is 2.10 bits per heavy atom. The number of hydrogen-bond acceptors (Lipinski definition) is 6. The van der Waals surface area contributed by atoms with Gasteiger partial charge in [0, 0.05) is 35.1 Å². The smallest absolute Gasteiger partial charge is 0.250 e. The molecule has 0 amide bonds. The summed E-state index contributed by atoms with van der Waals surface area (Å²) in [5, 5.41) is 3.38. The van der Waals surface area contributed by atoms with Gasteiger partial charge in [0.15, 0.2) is 0 Å². The van der Waals surface area contributed by atoms with Crippen molar-refractivity contribution in [3.05, 3.63) is 33.6 Å². The molecule has 8 heteroatoms. The van der Waals surface area contributed by atoms with Gasteiger partial charge in [-0.2, -0.15) is 0 Å². The summed E-state index contributed by atoms with van der Waals surface area (Å²) < 4.78 is 27.3. The highest BCUT2D eigenvalue weighted by Crippen LogP contribution is 2.24. The largest absolute Gasteiger partial charge is 0.309 e. The quantitative estimate of drug-likeness (QED) is 0.814. The van der Waals surface area contributed by atoms with Crippen LogP contribution in [-0.4, -0.2) is 19.4 Å². The van der Waals surface area contributed by atoms with Crippen LogP contribution >= 0.6 is 22.7 Å². The van der Waals surface area contributed by atoms with E-state index in [1.165, 1.54) is 35.5 Å². The molecule has 1 fully saturated rings. The van der Waals surface area contributed by atoms with Crippen LogP contribution in [0.25, 0.3) is 0 Å². The van der Waals surface area contributed by atoms with Gasteiger partial charge in [-0.05, 0) is 25.0 Å². The first-order chi connectivity index (χ1) is 9.63. The van der Waals surface area contributed by atoms with E-state index in [-0.39, 0.29) is 0 Å². The van der Waals surface area contributed by atoms with Crippen LogP contribution in [0.4, 0.5) is 0 Å². The van der Waals surface area contributed by atoms with Gasteiger partial charge >= 0.3 is 0 Å². The lowest BCUT2D eigenvalue weighted by Gasteiger charge is -2.02. The predicted octanol–water partition coefficient (Wildman–Crippen LogP) is 1.94. The van der Waals surface area contributed by atoms with Crippen LogP contribution in [0.2, 0.25) is 0 Å². The third-order valence-electron chi connectivity index (χ3n) is 2.96. The summed E-state index contributed by atoms with van der Waals surface area (Å²) in [5.74, 6) is 0. The molecular weight excluding hydrogens is 314 g/mol. The molecule has 108 valence electrons. The van der Waals surface area contributed by atoms with Crippen molar-refractivity contribution in [3.63, 3.8) is 0 Å². The third kappa shape index (κ3) is 3.64. The minimum absolute atomic E-state index is 0.292. The first-order valence-electron chi connectivity index (χ1n) is 6.32. The summed E-state index contributed by atoms with van der Waals surface area (Å²) in [7, 11) is -3.42. The molecule has 0 spiro atoms. The fourth-order valence-corrected chi connectivity index (χ4v) is 4.68. The number of aromatic nitrogens is 1. The van der Waals surface area contributed by atoms with Crippen LogP contribution in [-0.2, 0) is 23.1 Å². The monoisotopic (exact) mass is 329 g/mol. The standard InChI is InChI=1S/C12H15N3O2S3/c16-20(17,15-7-11-5-13-8-18-11)12-4-3-10(19-12)6-14-9-1-2-9/h3-5,8-9,14-15H,1-2,6-7H2. The van der Waals surface area contributed by atoms with Gasteiger partial charge in [0.2, 0.25) is 10.0 Å². The maximum Gasteiger partial charge on any atom is 0.250 e. The van der Waals surface area contributed by atoms with E-state index in [0.29, 0.717) is 16.8 Å². The van der Waals surface area contributed by atoms with E-state index in [9.17, 15) is 8.42 Å². The van der Waals surface area contributed by atoms with E-state index in [1.807, 2.05) is 6.07 Å². The van der Waals surface area contributed by atoms with Gasteiger partial charge in [0.25, 0.3) is 0 Å². The maximum absolute atomic E-state index is 12.2. The average molecular weight is 329 g/mol. The Balaban J connectivity index is 1.61. The summed E-state index contributed by atoms with van der Waals surface area (Å²) in [5.41, 5.74) is 1.69. The van der Waals surface area contributed by atoms with Gasteiger partial charge in [-0.3, -0.25) is 4.98 Å². The molecule has 1 aliphatic carbocycles. The second-order valence-electron chi connectivity index (χ2n) is 4.67. The molecule has 5 nitrogen and oxygen atoms in total. The van der Waals surface area contributed by atoms with Gasteiger partial charge < -0.3 is 5.32 Å². The van der Waals surface area contributed by atoms with Crippen molar-refractivity contribution in [2.75, 3.05) is 0 Å². The molecule has 1 saturated carbocycles. The molecule has 2 aromatic heterocycles. The van der Waals surface area contributed by atoms with Crippen molar-refractivity contribution in [1.82, 2.24) is 15.0 Å². The summed E-state index contributed by atoms with van der Waals surface area (Å²) >= 11 is 2.76.